The molecule has 0 atom stereocenters. The van der Waals surface area contributed by atoms with Crippen molar-refractivity contribution in [3.05, 3.63) is 106 Å². The molecule has 7 nitrogen and oxygen atoms in total. The minimum absolute atomic E-state index is 0.236. The van der Waals surface area contributed by atoms with Crippen LogP contribution in [-0.2, 0) is 17.9 Å². The Labute approximate surface area is 226 Å². The molecule has 2 amide bonds. The van der Waals surface area contributed by atoms with E-state index in [1.807, 2.05) is 61.5 Å². The Morgan fingerprint density at radius 1 is 0.921 bits per heavy atom. The zero-order valence-electron chi connectivity index (χ0n) is 21.0. The summed E-state index contributed by atoms with van der Waals surface area (Å²) in [6.07, 6.45) is 1.72. The van der Waals surface area contributed by atoms with Gasteiger partial charge in [-0.25, -0.2) is 0 Å². The van der Waals surface area contributed by atoms with E-state index in [-0.39, 0.29) is 17.7 Å². The minimum Gasteiger partial charge on any atom is -0.494 e. The van der Waals surface area contributed by atoms with Crippen molar-refractivity contribution >= 4 is 29.0 Å². The zero-order chi connectivity index (χ0) is 26.9. The molecule has 3 aromatic rings. The number of carbonyl (C=O) groups is 2. The standard InChI is InChI=1S/C30H26N4O3S/c1-2-37-27-12-10-22(11-13-27)17-28-29(35)34(30(36)38-28)15-14-33(20-24-8-6-23(18-31)7-9-24)21-26-5-3-4-25(16-26)19-32/h3-13,16-17H,2,14-15,20-21H2,1H3/b28-17+. The van der Waals surface area contributed by atoms with Gasteiger partial charge in [-0.05, 0) is 77.9 Å². The number of hydrogen-bond donors (Lipinski definition) is 0. The molecule has 0 radical (unpaired) electrons. The summed E-state index contributed by atoms with van der Waals surface area (Å²) in [7, 11) is 0. The maximum Gasteiger partial charge on any atom is 0.293 e. The molecular weight excluding hydrogens is 496 g/mol. The average Bonchev–Trinajstić information content (AvgIpc) is 3.20. The van der Waals surface area contributed by atoms with Crippen LogP contribution in [-0.4, -0.2) is 40.6 Å². The normalized spacial score (nSPS) is 14.1. The van der Waals surface area contributed by atoms with Crippen LogP contribution in [0, 0.1) is 22.7 Å². The summed E-state index contributed by atoms with van der Waals surface area (Å²) in [5.41, 5.74) is 3.94. The quantitative estimate of drug-likeness (QED) is 0.321. The first-order valence-electron chi connectivity index (χ1n) is 12.2. The summed E-state index contributed by atoms with van der Waals surface area (Å²) in [6, 6.07) is 26.4. The highest BCUT2D eigenvalue weighted by Crippen LogP contribution is 2.32. The SMILES string of the molecule is CCOc1ccc(/C=C2/SC(=O)N(CCN(Cc3ccc(C#N)cc3)Cc3cccc(C#N)c3)C2=O)cc1. The van der Waals surface area contributed by atoms with Gasteiger partial charge in [0.15, 0.2) is 0 Å². The van der Waals surface area contributed by atoms with Crippen LogP contribution in [0.1, 0.15) is 34.7 Å². The van der Waals surface area contributed by atoms with E-state index in [2.05, 4.69) is 17.0 Å². The Morgan fingerprint density at radius 2 is 1.63 bits per heavy atom. The van der Waals surface area contributed by atoms with Gasteiger partial charge in [0, 0.05) is 26.2 Å². The van der Waals surface area contributed by atoms with Gasteiger partial charge in [0.25, 0.3) is 11.1 Å². The summed E-state index contributed by atoms with van der Waals surface area (Å²) in [5.74, 6) is 0.444. The Hall–Kier alpha value is -4.37. The number of carbonyl (C=O) groups excluding carboxylic acids is 2. The highest BCUT2D eigenvalue weighted by molar-refractivity contribution is 8.18. The Kier molecular flexibility index (Phi) is 8.94. The molecule has 0 spiro atoms. The van der Waals surface area contributed by atoms with Crippen LogP contribution in [0.2, 0.25) is 0 Å². The van der Waals surface area contributed by atoms with Crippen molar-refractivity contribution in [2.45, 2.75) is 20.0 Å². The van der Waals surface area contributed by atoms with Crippen LogP contribution in [0.5, 0.6) is 5.75 Å². The Morgan fingerprint density at radius 3 is 2.32 bits per heavy atom. The van der Waals surface area contributed by atoms with Crippen LogP contribution < -0.4 is 4.74 Å². The molecule has 1 saturated heterocycles. The minimum atomic E-state index is -0.307. The van der Waals surface area contributed by atoms with Crippen LogP contribution in [0.4, 0.5) is 4.79 Å². The second kappa shape index (κ2) is 12.7. The van der Waals surface area contributed by atoms with Crippen molar-refractivity contribution < 1.29 is 14.3 Å². The number of ether oxygens (including phenoxy) is 1. The van der Waals surface area contributed by atoms with Crippen molar-refractivity contribution in [3.63, 3.8) is 0 Å². The predicted octanol–water partition coefficient (Wildman–Crippen LogP) is 5.57. The number of thioether (sulfide) groups is 1. The molecule has 0 saturated carbocycles. The molecule has 1 fully saturated rings. The molecule has 38 heavy (non-hydrogen) atoms. The molecule has 1 aliphatic rings. The van der Waals surface area contributed by atoms with Crippen molar-refractivity contribution in [3.8, 4) is 17.9 Å². The summed E-state index contributed by atoms with van der Waals surface area (Å²) in [5, 5.41) is 18.1. The van der Waals surface area contributed by atoms with E-state index < -0.39 is 0 Å². The number of amides is 2. The maximum absolute atomic E-state index is 13.1. The molecule has 1 aliphatic heterocycles. The zero-order valence-corrected chi connectivity index (χ0v) is 21.8. The van der Waals surface area contributed by atoms with Crippen LogP contribution in [0.15, 0.2) is 77.7 Å². The fourth-order valence-corrected chi connectivity index (χ4v) is 4.93. The molecule has 0 aromatic heterocycles. The van der Waals surface area contributed by atoms with E-state index in [1.165, 1.54) is 4.90 Å². The third-order valence-corrected chi connectivity index (χ3v) is 6.86. The van der Waals surface area contributed by atoms with Crippen LogP contribution in [0.25, 0.3) is 6.08 Å². The number of nitrogens with zero attached hydrogens (tertiary/aromatic N) is 4. The lowest BCUT2D eigenvalue weighted by Crippen LogP contribution is -2.37. The molecule has 0 N–H and O–H groups in total. The van der Waals surface area contributed by atoms with E-state index in [9.17, 15) is 14.9 Å². The Balaban J connectivity index is 1.47. The van der Waals surface area contributed by atoms with E-state index in [0.717, 1.165) is 34.2 Å². The molecule has 190 valence electrons. The van der Waals surface area contributed by atoms with E-state index >= 15 is 0 Å². The summed E-state index contributed by atoms with van der Waals surface area (Å²) < 4.78 is 5.46. The number of imide groups is 1. The maximum atomic E-state index is 13.1. The van der Waals surface area contributed by atoms with Gasteiger partial charge in [0.05, 0.1) is 34.8 Å². The lowest BCUT2D eigenvalue weighted by atomic mass is 10.1. The highest BCUT2D eigenvalue weighted by atomic mass is 32.2. The monoisotopic (exact) mass is 522 g/mol. The second-order valence-electron chi connectivity index (χ2n) is 8.67. The fourth-order valence-electron chi connectivity index (χ4n) is 4.07. The van der Waals surface area contributed by atoms with Gasteiger partial charge in [-0.1, -0.05) is 36.4 Å². The lowest BCUT2D eigenvalue weighted by Gasteiger charge is -2.25. The van der Waals surface area contributed by atoms with Gasteiger partial charge in [-0.15, -0.1) is 0 Å². The first-order valence-corrected chi connectivity index (χ1v) is 13.0. The second-order valence-corrected chi connectivity index (χ2v) is 9.66. The molecule has 4 rings (SSSR count). The van der Waals surface area contributed by atoms with Crippen molar-refractivity contribution in [2.75, 3.05) is 19.7 Å². The van der Waals surface area contributed by atoms with Gasteiger partial charge < -0.3 is 4.74 Å². The number of hydrogen-bond acceptors (Lipinski definition) is 7. The van der Waals surface area contributed by atoms with Gasteiger partial charge in [-0.3, -0.25) is 19.4 Å². The van der Waals surface area contributed by atoms with E-state index in [1.54, 1.807) is 24.3 Å². The van der Waals surface area contributed by atoms with Gasteiger partial charge >= 0.3 is 0 Å². The van der Waals surface area contributed by atoms with Gasteiger partial charge in [-0.2, -0.15) is 10.5 Å². The third kappa shape index (κ3) is 6.89. The summed E-state index contributed by atoms with van der Waals surface area (Å²) >= 11 is 0.942. The first kappa shape index (κ1) is 26.7. The van der Waals surface area contributed by atoms with Gasteiger partial charge in [0.1, 0.15) is 5.75 Å². The molecule has 0 bridgehead atoms. The topological polar surface area (TPSA) is 97.4 Å². The summed E-state index contributed by atoms with van der Waals surface area (Å²) in [6.45, 7) is 4.27. The predicted molar refractivity (Wildman–Crippen MR) is 147 cm³/mol. The third-order valence-electron chi connectivity index (χ3n) is 5.95. The summed E-state index contributed by atoms with van der Waals surface area (Å²) in [4.78, 5) is 29.6. The number of nitriles is 2. The number of rotatable bonds is 10. The molecule has 0 unspecified atom stereocenters. The van der Waals surface area contributed by atoms with E-state index in [4.69, 9.17) is 10.00 Å². The highest BCUT2D eigenvalue weighted by Gasteiger charge is 2.35. The molecule has 0 aliphatic carbocycles. The Bertz CT molecular complexity index is 1420. The van der Waals surface area contributed by atoms with Crippen molar-refractivity contribution in [2.24, 2.45) is 0 Å². The fraction of sp³-hybridized carbons (Fsp3) is 0.200. The van der Waals surface area contributed by atoms with Crippen molar-refractivity contribution in [1.29, 1.82) is 10.5 Å². The average molecular weight is 523 g/mol. The van der Waals surface area contributed by atoms with E-state index in [0.29, 0.717) is 42.3 Å². The van der Waals surface area contributed by atoms with Gasteiger partial charge in [0.2, 0.25) is 0 Å². The molecular formula is C30H26N4O3S. The first-order chi connectivity index (χ1) is 18.5. The lowest BCUT2D eigenvalue weighted by molar-refractivity contribution is -0.122. The van der Waals surface area contributed by atoms with Crippen LogP contribution >= 0.6 is 11.8 Å². The van der Waals surface area contributed by atoms with Crippen molar-refractivity contribution in [1.82, 2.24) is 9.80 Å². The smallest absolute Gasteiger partial charge is 0.293 e. The largest absolute Gasteiger partial charge is 0.494 e. The molecule has 3 aromatic carbocycles. The molecule has 1 heterocycles. The molecule has 8 heteroatoms. The van der Waals surface area contributed by atoms with Crippen LogP contribution in [0.3, 0.4) is 0 Å². The number of benzene rings is 3.